The van der Waals surface area contributed by atoms with E-state index in [1.54, 1.807) is 18.2 Å². The first kappa shape index (κ1) is 13.7. The van der Waals surface area contributed by atoms with Gasteiger partial charge in [-0.05, 0) is 30.7 Å². The number of halogens is 2. The van der Waals surface area contributed by atoms with Crippen LogP contribution in [0.15, 0.2) is 23.8 Å². The highest BCUT2D eigenvalue weighted by molar-refractivity contribution is 6.36. The van der Waals surface area contributed by atoms with Crippen molar-refractivity contribution in [2.24, 2.45) is 0 Å². The predicted molar refractivity (Wildman–Crippen MR) is 69.2 cm³/mol. The minimum Gasteiger partial charge on any atom is -0.355 e. The Labute approximate surface area is 109 Å². The van der Waals surface area contributed by atoms with Crippen LogP contribution in [0.2, 0.25) is 10.0 Å². The fourth-order valence-corrected chi connectivity index (χ4v) is 1.70. The van der Waals surface area contributed by atoms with Crippen molar-refractivity contribution in [3.05, 3.63) is 39.4 Å². The molecule has 0 spiro atoms. The number of likely N-dealkylation sites (N-methyl/N-ethyl adjacent to an activating group) is 1. The largest absolute Gasteiger partial charge is 0.355 e. The third-order valence-corrected chi connectivity index (χ3v) is 2.68. The van der Waals surface area contributed by atoms with Crippen molar-refractivity contribution < 1.29 is 9.59 Å². The number of carbonyl (C=O) groups excluding carboxylic acids is 2. The number of carbonyl (C=O) groups is 2. The smallest absolute Gasteiger partial charge is 0.254 e. The fraction of sp³-hybridized carbons (Fsp3) is 0.167. The van der Waals surface area contributed by atoms with E-state index in [-0.39, 0.29) is 11.4 Å². The molecule has 1 aromatic rings. The standard InChI is InChI=1S/C12H11Cl2NO2/c1-7(16)10(12(17)15-2)5-8-3-4-9(13)6-11(8)14/h3-6H,1-2H3,(H,15,17)/b10-5-. The molecule has 0 radical (unpaired) electrons. The van der Waals surface area contributed by atoms with Gasteiger partial charge in [0.1, 0.15) is 0 Å². The topological polar surface area (TPSA) is 46.2 Å². The Morgan fingerprint density at radius 2 is 1.94 bits per heavy atom. The SMILES string of the molecule is CNC(=O)/C(=C\c1ccc(Cl)cc1Cl)C(C)=O. The molecule has 0 aliphatic rings. The molecule has 90 valence electrons. The van der Waals surface area contributed by atoms with Crippen molar-refractivity contribution in [1.82, 2.24) is 5.32 Å². The maximum absolute atomic E-state index is 11.5. The number of Topliss-reactive ketones (excluding diaryl/α,β-unsaturated/α-hetero) is 1. The molecule has 1 N–H and O–H groups in total. The summed E-state index contributed by atoms with van der Waals surface area (Å²) in [7, 11) is 1.46. The van der Waals surface area contributed by atoms with Crippen molar-refractivity contribution in [3.63, 3.8) is 0 Å². The molecule has 0 aromatic heterocycles. The first-order chi connectivity index (χ1) is 7.95. The van der Waals surface area contributed by atoms with E-state index < -0.39 is 5.91 Å². The molecule has 1 aromatic carbocycles. The summed E-state index contributed by atoms with van der Waals surface area (Å²) in [6, 6.07) is 4.84. The van der Waals surface area contributed by atoms with Crippen LogP contribution in [0.1, 0.15) is 12.5 Å². The average molecular weight is 272 g/mol. The second-order valence-corrected chi connectivity index (χ2v) is 4.20. The molecule has 5 heteroatoms. The number of nitrogens with one attached hydrogen (secondary N) is 1. The quantitative estimate of drug-likeness (QED) is 0.522. The molecule has 1 rings (SSSR count). The number of benzene rings is 1. The van der Waals surface area contributed by atoms with Crippen LogP contribution in [0.3, 0.4) is 0 Å². The molecule has 0 atom stereocenters. The summed E-state index contributed by atoms with van der Waals surface area (Å²) in [5.74, 6) is -0.765. The monoisotopic (exact) mass is 271 g/mol. The highest BCUT2D eigenvalue weighted by Crippen LogP contribution is 2.23. The van der Waals surface area contributed by atoms with Crippen LogP contribution in [0.4, 0.5) is 0 Å². The number of rotatable bonds is 3. The number of ketones is 1. The first-order valence-corrected chi connectivity index (χ1v) is 5.61. The Balaban J connectivity index is 3.22. The van der Waals surface area contributed by atoms with E-state index in [9.17, 15) is 9.59 Å². The van der Waals surface area contributed by atoms with Gasteiger partial charge in [0, 0.05) is 17.1 Å². The van der Waals surface area contributed by atoms with E-state index in [2.05, 4.69) is 5.32 Å². The van der Waals surface area contributed by atoms with Gasteiger partial charge in [-0.15, -0.1) is 0 Å². The number of hydrogen-bond donors (Lipinski definition) is 1. The minimum absolute atomic E-state index is 0.0525. The van der Waals surface area contributed by atoms with Crippen LogP contribution in [0, 0.1) is 0 Å². The van der Waals surface area contributed by atoms with Crippen LogP contribution < -0.4 is 5.32 Å². The Hall–Kier alpha value is -1.32. The average Bonchev–Trinajstić information content (AvgIpc) is 2.26. The van der Waals surface area contributed by atoms with Gasteiger partial charge >= 0.3 is 0 Å². The van der Waals surface area contributed by atoms with Gasteiger partial charge in [-0.2, -0.15) is 0 Å². The van der Waals surface area contributed by atoms with E-state index in [0.29, 0.717) is 15.6 Å². The van der Waals surface area contributed by atoms with E-state index in [0.717, 1.165) is 0 Å². The predicted octanol–water partition coefficient (Wildman–Crippen LogP) is 2.71. The third kappa shape index (κ3) is 3.58. The van der Waals surface area contributed by atoms with Gasteiger partial charge in [0.2, 0.25) is 0 Å². The van der Waals surface area contributed by atoms with Crippen LogP contribution in [-0.4, -0.2) is 18.7 Å². The minimum atomic E-state index is -0.441. The molecule has 0 saturated carbocycles. The normalized spacial score (nSPS) is 11.2. The summed E-state index contributed by atoms with van der Waals surface area (Å²) in [4.78, 5) is 22.8. The van der Waals surface area contributed by atoms with Crippen molar-refractivity contribution in [3.8, 4) is 0 Å². The summed E-state index contributed by atoms with van der Waals surface area (Å²) in [5.41, 5.74) is 0.626. The molecule has 0 aliphatic heterocycles. The summed E-state index contributed by atoms with van der Waals surface area (Å²) < 4.78 is 0. The van der Waals surface area contributed by atoms with Crippen LogP contribution >= 0.6 is 23.2 Å². The van der Waals surface area contributed by atoms with E-state index in [4.69, 9.17) is 23.2 Å². The van der Waals surface area contributed by atoms with E-state index >= 15 is 0 Å². The Morgan fingerprint density at radius 1 is 1.29 bits per heavy atom. The van der Waals surface area contributed by atoms with Crippen LogP contribution in [-0.2, 0) is 9.59 Å². The zero-order valence-corrected chi connectivity index (χ0v) is 10.9. The highest BCUT2D eigenvalue weighted by atomic mass is 35.5. The van der Waals surface area contributed by atoms with Gasteiger partial charge in [0.05, 0.1) is 5.57 Å². The van der Waals surface area contributed by atoms with Gasteiger partial charge in [0.15, 0.2) is 5.78 Å². The maximum atomic E-state index is 11.5. The van der Waals surface area contributed by atoms with Crippen molar-refractivity contribution in [2.45, 2.75) is 6.92 Å². The molecule has 0 heterocycles. The summed E-state index contributed by atoms with van der Waals surface area (Å²) in [6.07, 6.45) is 1.44. The lowest BCUT2D eigenvalue weighted by molar-refractivity contribution is -0.121. The molecular formula is C12H11Cl2NO2. The Morgan fingerprint density at radius 3 is 2.41 bits per heavy atom. The molecule has 0 saturated heterocycles. The lowest BCUT2D eigenvalue weighted by Crippen LogP contribution is -2.23. The molecule has 17 heavy (non-hydrogen) atoms. The van der Waals surface area contributed by atoms with Gasteiger partial charge in [-0.3, -0.25) is 9.59 Å². The summed E-state index contributed by atoms with van der Waals surface area (Å²) in [5, 5.41) is 3.29. The molecule has 0 fully saturated rings. The zero-order valence-electron chi connectivity index (χ0n) is 9.38. The van der Waals surface area contributed by atoms with Crippen molar-refractivity contribution in [2.75, 3.05) is 7.05 Å². The summed E-state index contributed by atoms with van der Waals surface area (Å²) in [6.45, 7) is 1.32. The highest BCUT2D eigenvalue weighted by Gasteiger charge is 2.13. The van der Waals surface area contributed by atoms with E-state index in [1.807, 2.05) is 0 Å². The van der Waals surface area contributed by atoms with E-state index in [1.165, 1.54) is 20.0 Å². The number of hydrogen-bond acceptors (Lipinski definition) is 2. The third-order valence-electron chi connectivity index (χ3n) is 2.11. The molecule has 0 bridgehead atoms. The molecule has 0 unspecified atom stereocenters. The van der Waals surface area contributed by atoms with Gasteiger partial charge < -0.3 is 5.32 Å². The van der Waals surface area contributed by atoms with Gasteiger partial charge in [0.25, 0.3) is 5.91 Å². The molecular weight excluding hydrogens is 261 g/mol. The Kier molecular flexibility index (Phi) is 4.73. The van der Waals surface area contributed by atoms with Gasteiger partial charge in [-0.25, -0.2) is 0 Å². The second kappa shape index (κ2) is 5.84. The maximum Gasteiger partial charge on any atom is 0.254 e. The zero-order chi connectivity index (χ0) is 13.0. The fourth-order valence-electron chi connectivity index (χ4n) is 1.24. The second-order valence-electron chi connectivity index (χ2n) is 3.36. The number of amides is 1. The summed E-state index contributed by atoms with van der Waals surface area (Å²) >= 11 is 11.7. The molecule has 0 aliphatic carbocycles. The van der Waals surface area contributed by atoms with Crippen LogP contribution in [0.25, 0.3) is 6.08 Å². The Bertz CT molecular complexity index is 495. The van der Waals surface area contributed by atoms with Gasteiger partial charge in [-0.1, -0.05) is 29.3 Å². The lowest BCUT2D eigenvalue weighted by Gasteiger charge is -2.04. The van der Waals surface area contributed by atoms with Crippen molar-refractivity contribution >= 4 is 41.0 Å². The first-order valence-electron chi connectivity index (χ1n) is 4.85. The van der Waals surface area contributed by atoms with Crippen LogP contribution in [0.5, 0.6) is 0 Å². The lowest BCUT2D eigenvalue weighted by atomic mass is 10.1. The molecule has 1 amide bonds. The van der Waals surface area contributed by atoms with Crippen molar-refractivity contribution in [1.29, 1.82) is 0 Å². The molecule has 3 nitrogen and oxygen atoms in total.